The largest absolute Gasteiger partial charge is 0.478 e. The molecule has 0 saturated heterocycles. The minimum atomic E-state index is -3.63. The highest BCUT2D eigenvalue weighted by Crippen LogP contribution is 2.49. The lowest BCUT2D eigenvalue weighted by Crippen LogP contribution is -2.31. The molecule has 0 radical (unpaired) electrons. The summed E-state index contributed by atoms with van der Waals surface area (Å²) in [6, 6.07) is 9.23. The Morgan fingerprint density at radius 1 is 1.23 bits per heavy atom. The van der Waals surface area contributed by atoms with Crippen LogP contribution in [0.15, 0.2) is 46.7 Å². The zero-order valence-electron chi connectivity index (χ0n) is 11.7. The van der Waals surface area contributed by atoms with Crippen molar-refractivity contribution in [3.63, 3.8) is 0 Å². The summed E-state index contributed by atoms with van der Waals surface area (Å²) in [7, 11) is -3.63. The Kier molecular flexibility index (Phi) is 3.80. The summed E-state index contributed by atoms with van der Waals surface area (Å²) in [5.41, 5.74) is -0.00130. The van der Waals surface area contributed by atoms with Crippen LogP contribution < -0.4 is 4.72 Å². The zero-order chi connectivity index (χ0) is 15.8. The molecule has 0 amide bonds. The molecule has 7 heteroatoms. The van der Waals surface area contributed by atoms with Crippen LogP contribution >= 0.6 is 11.3 Å². The molecule has 2 aromatic rings. The first-order valence-corrected chi connectivity index (χ1v) is 9.16. The number of aromatic carboxylic acids is 1. The maximum atomic E-state index is 12.3. The number of hydrogen-bond donors (Lipinski definition) is 2. The lowest BCUT2D eigenvalue weighted by Gasteiger charge is -2.14. The van der Waals surface area contributed by atoms with E-state index in [1.807, 2.05) is 17.5 Å². The van der Waals surface area contributed by atoms with Crippen molar-refractivity contribution in [1.82, 2.24) is 4.72 Å². The number of carboxylic acid groups (broad SMARTS) is 1. The van der Waals surface area contributed by atoms with Crippen molar-refractivity contribution < 1.29 is 18.3 Å². The van der Waals surface area contributed by atoms with Crippen LogP contribution in [0.4, 0.5) is 0 Å². The van der Waals surface area contributed by atoms with Gasteiger partial charge in [-0.3, -0.25) is 0 Å². The van der Waals surface area contributed by atoms with E-state index >= 15 is 0 Å². The molecule has 116 valence electrons. The molecule has 1 aromatic heterocycles. The normalized spacial score (nSPS) is 16.4. The third-order valence-electron chi connectivity index (χ3n) is 3.91. The third kappa shape index (κ3) is 2.92. The van der Waals surface area contributed by atoms with Gasteiger partial charge < -0.3 is 5.11 Å². The monoisotopic (exact) mass is 337 g/mol. The fourth-order valence-corrected chi connectivity index (χ4v) is 4.45. The molecule has 1 saturated carbocycles. The van der Waals surface area contributed by atoms with E-state index in [-0.39, 0.29) is 15.9 Å². The van der Waals surface area contributed by atoms with E-state index in [2.05, 4.69) is 4.72 Å². The molecule has 2 N–H and O–H groups in total. The number of carboxylic acids is 1. The Hall–Kier alpha value is -1.70. The number of thiophene rings is 1. The maximum absolute atomic E-state index is 12.3. The van der Waals surface area contributed by atoms with E-state index < -0.39 is 16.0 Å². The fraction of sp³-hybridized carbons (Fsp3) is 0.267. The van der Waals surface area contributed by atoms with Crippen LogP contribution in [0, 0.1) is 0 Å². The molecule has 0 bridgehead atoms. The Bertz CT molecular complexity index is 775. The van der Waals surface area contributed by atoms with Crippen molar-refractivity contribution >= 4 is 27.3 Å². The highest BCUT2D eigenvalue weighted by Gasteiger charge is 2.45. The summed E-state index contributed by atoms with van der Waals surface area (Å²) in [6.07, 6.45) is 1.96. The SMILES string of the molecule is O=C(O)c1ccc(S(=O)(=O)NCC2(c3cccs3)CC2)cc1. The molecular formula is C15H15NO4S2. The minimum absolute atomic E-state index is 0.0659. The van der Waals surface area contributed by atoms with Crippen molar-refractivity contribution in [3.8, 4) is 0 Å². The molecule has 1 aliphatic carbocycles. The number of rotatable bonds is 6. The first-order chi connectivity index (χ1) is 10.4. The molecule has 0 unspecified atom stereocenters. The van der Waals surface area contributed by atoms with E-state index in [9.17, 15) is 13.2 Å². The summed E-state index contributed by atoms with van der Waals surface area (Å²) < 4.78 is 27.3. The summed E-state index contributed by atoms with van der Waals surface area (Å²) >= 11 is 1.64. The molecule has 0 spiro atoms. The lowest BCUT2D eigenvalue weighted by molar-refractivity contribution is 0.0696. The van der Waals surface area contributed by atoms with Crippen LogP contribution in [0.2, 0.25) is 0 Å². The van der Waals surface area contributed by atoms with Gasteiger partial charge in [0.25, 0.3) is 0 Å². The van der Waals surface area contributed by atoms with Gasteiger partial charge in [-0.1, -0.05) is 6.07 Å². The maximum Gasteiger partial charge on any atom is 0.335 e. The molecule has 5 nitrogen and oxygen atoms in total. The van der Waals surface area contributed by atoms with Crippen molar-refractivity contribution in [2.45, 2.75) is 23.2 Å². The average molecular weight is 337 g/mol. The average Bonchev–Trinajstić information content (AvgIpc) is 3.09. The minimum Gasteiger partial charge on any atom is -0.478 e. The fourth-order valence-electron chi connectivity index (χ4n) is 2.33. The van der Waals surface area contributed by atoms with Gasteiger partial charge in [0.15, 0.2) is 0 Å². The third-order valence-corrected chi connectivity index (χ3v) is 6.44. The predicted molar refractivity (Wildman–Crippen MR) is 83.8 cm³/mol. The molecule has 1 fully saturated rings. The highest BCUT2D eigenvalue weighted by atomic mass is 32.2. The second-order valence-electron chi connectivity index (χ2n) is 5.41. The van der Waals surface area contributed by atoms with Crippen LogP contribution in [0.25, 0.3) is 0 Å². The summed E-state index contributed by atoms with van der Waals surface area (Å²) in [4.78, 5) is 12.1. The standard InChI is InChI=1S/C15H15NO4S2/c17-14(18)11-3-5-12(6-4-11)22(19,20)16-10-15(7-8-15)13-2-1-9-21-13/h1-6,9,16H,7-8,10H2,(H,17,18). The van der Waals surface area contributed by atoms with Gasteiger partial charge in [-0.2, -0.15) is 0 Å². The van der Waals surface area contributed by atoms with Crippen LogP contribution in [0.1, 0.15) is 28.1 Å². The Morgan fingerprint density at radius 3 is 2.41 bits per heavy atom. The van der Waals surface area contributed by atoms with E-state index in [0.717, 1.165) is 12.8 Å². The Labute approximate surface area is 132 Å². The quantitative estimate of drug-likeness (QED) is 0.848. The first kappa shape index (κ1) is 15.2. The van der Waals surface area contributed by atoms with Crippen LogP contribution in [-0.2, 0) is 15.4 Å². The molecule has 3 rings (SSSR count). The molecule has 1 heterocycles. The molecular weight excluding hydrogens is 322 g/mol. The van der Waals surface area contributed by atoms with Crippen LogP contribution in [-0.4, -0.2) is 26.0 Å². The van der Waals surface area contributed by atoms with Crippen molar-refractivity contribution in [2.75, 3.05) is 6.54 Å². The molecule has 0 atom stereocenters. The summed E-state index contributed by atoms with van der Waals surface area (Å²) in [5, 5.41) is 10.8. The van der Waals surface area contributed by atoms with Gasteiger partial charge in [0.05, 0.1) is 10.5 Å². The van der Waals surface area contributed by atoms with Gasteiger partial charge in [0.2, 0.25) is 10.0 Å². The van der Waals surface area contributed by atoms with Crippen LogP contribution in [0.3, 0.4) is 0 Å². The molecule has 22 heavy (non-hydrogen) atoms. The molecule has 1 aliphatic rings. The summed E-state index contributed by atoms with van der Waals surface area (Å²) in [6.45, 7) is 0.372. The topological polar surface area (TPSA) is 83.5 Å². The number of nitrogens with one attached hydrogen (secondary N) is 1. The Balaban J connectivity index is 1.73. The number of hydrogen-bond acceptors (Lipinski definition) is 4. The first-order valence-electron chi connectivity index (χ1n) is 6.80. The lowest BCUT2D eigenvalue weighted by atomic mass is 10.1. The van der Waals surface area contributed by atoms with Crippen molar-refractivity contribution in [2.24, 2.45) is 0 Å². The van der Waals surface area contributed by atoms with Gasteiger partial charge in [0.1, 0.15) is 0 Å². The number of sulfonamides is 1. The van der Waals surface area contributed by atoms with Gasteiger partial charge in [-0.25, -0.2) is 17.9 Å². The van der Waals surface area contributed by atoms with E-state index in [0.29, 0.717) is 6.54 Å². The van der Waals surface area contributed by atoms with Gasteiger partial charge in [0, 0.05) is 16.8 Å². The highest BCUT2D eigenvalue weighted by molar-refractivity contribution is 7.89. The molecule has 1 aromatic carbocycles. The van der Waals surface area contributed by atoms with Gasteiger partial charge in [-0.05, 0) is 48.6 Å². The van der Waals surface area contributed by atoms with E-state index in [1.54, 1.807) is 11.3 Å². The molecule has 0 aliphatic heterocycles. The second kappa shape index (κ2) is 5.49. The zero-order valence-corrected chi connectivity index (χ0v) is 13.3. The second-order valence-corrected chi connectivity index (χ2v) is 8.13. The van der Waals surface area contributed by atoms with Crippen molar-refractivity contribution in [3.05, 3.63) is 52.2 Å². The van der Waals surface area contributed by atoms with Gasteiger partial charge in [-0.15, -0.1) is 11.3 Å². The summed E-state index contributed by atoms with van der Waals surface area (Å²) in [5.74, 6) is -1.08. The van der Waals surface area contributed by atoms with Crippen molar-refractivity contribution in [1.29, 1.82) is 0 Å². The smallest absolute Gasteiger partial charge is 0.335 e. The Morgan fingerprint density at radius 2 is 1.91 bits per heavy atom. The van der Waals surface area contributed by atoms with Gasteiger partial charge >= 0.3 is 5.97 Å². The number of carbonyl (C=O) groups is 1. The van der Waals surface area contributed by atoms with E-state index in [4.69, 9.17) is 5.11 Å². The predicted octanol–water partition coefficient (Wildman–Crippen LogP) is 2.46. The van der Waals surface area contributed by atoms with E-state index in [1.165, 1.54) is 29.1 Å². The number of benzene rings is 1. The van der Waals surface area contributed by atoms with Crippen LogP contribution in [0.5, 0.6) is 0 Å².